The minimum Gasteiger partial charge on any atom is -0.320 e. The van der Waals surface area contributed by atoms with Gasteiger partial charge >= 0.3 is 6.18 Å². The number of alkyl halides is 3. The second-order valence-corrected chi connectivity index (χ2v) is 8.05. The predicted octanol–water partition coefficient (Wildman–Crippen LogP) is 6.04. The monoisotopic (exact) mass is 508 g/mol. The molecule has 1 aromatic heterocycles. The van der Waals surface area contributed by atoms with Crippen LogP contribution in [-0.2, 0) is 6.18 Å². The standard InChI is InChI=1S/C23H17Cl2F3N4O2/c1-12-5-3-4-6-14(12)10-30-32-21(33)17-9-16(24)7-13(2)19(17)31-22(34)20-18(25)8-15(11-29-20)23(26,27)28/h3-11H,1-2H3,(H,31,34)(H,32,33). The summed E-state index contributed by atoms with van der Waals surface area (Å²) >= 11 is 11.9. The normalized spacial score (nSPS) is 11.5. The predicted molar refractivity (Wildman–Crippen MR) is 125 cm³/mol. The number of halogens is 5. The highest BCUT2D eigenvalue weighted by molar-refractivity contribution is 6.34. The zero-order valence-corrected chi connectivity index (χ0v) is 19.3. The number of benzene rings is 2. The van der Waals surface area contributed by atoms with E-state index in [0.29, 0.717) is 17.8 Å². The molecule has 0 aliphatic rings. The van der Waals surface area contributed by atoms with Gasteiger partial charge in [0.05, 0.1) is 28.1 Å². The third kappa shape index (κ3) is 5.92. The molecule has 0 fully saturated rings. The molecule has 0 saturated heterocycles. The lowest BCUT2D eigenvalue weighted by Gasteiger charge is -2.14. The zero-order chi connectivity index (χ0) is 25.0. The Morgan fingerprint density at radius 2 is 1.74 bits per heavy atom. The Labute approximate surface area is 202 Å². The van der Waals surface area contributed by atoms with Gasteiger partial charge in [-0.05, 0) is 48.7 Å². The van der Waals surface area contributed by atoms with E-state index >= 15 is 0 Å². The number of pyridine rings is 1. The molecule has 0 saturated carbocycles. The minimum atomic E-state index is -4.66. The number of carbonyl (C=O) groups excluding carboxylic acids is 2. The molecule has 2 N–H and O–H groups in total. The van der Waals surface area contributed by atoms with Crippen LogP contribution in [0, 0.1) is 13.8 Å². The fourth-order valence-electron chi connectivity index (χ4n) is 2.97. The molecule has 3 aromatic rings. The smallest absolute Gasteiger partial charge is 0.320 e. The van der Waals surface area contributed by atoms with Crippen LogP contribution >= 0.6 is 23.2 Å². The summed E-state index contributed by atoms with van der Waals surface area (Å²) in [5.41, 5.74) is 3.08. The van der Waals surface area contributed by atoms with Crippen molar-refractivity contribution in [2.75, 3.05) is 5.32 Å². The highest BCUT2D eigenvalue weighted by Crippen LogP contribution is 2.32. The van der Waals surface area contributed by atoms with Crippen LogP contribution < -0.4 is 10.7 Å². The lowest BCUT2D eigenvalue weighted by molar-refractivity contribution is -0.137. The molecule has 0 radical (unpaired) electrons. The van der Waals surface area contributed by atoms with Crippen LogP contribution in [0.25, 0.3) is 0 Å². The summed E-state index contributed by atoms with van der Waals surface area (Å²) in [4.78, 5) is 29.0. The molecule has 0 atom stereocenters. The molecule has 0 bridgehead atoms. The van der Waals surface area contributed by atoms with E-state index in [0.717, 1.165) is 11.1 Å². The molecular formula is C23H17Cl2F3N4O2. The van der Waals surface area contributed by atoms with Crippen LogP contribution in [0.4, 0.5) is 18.9 Å². The molecule has 0 aliphatic carbocycles. The number of hydrogen-bond donors (Lipinski definition) is 2. The Morgan fingerprint density at radius 1 is 1.03 bits per heavy atom. The highest BCUT2D eigenvalue weighted by Gasteiger charge is 2.32. The Morgan fingerprint density at radius 3 is 2.38 bits per heavy atom. The van der Waals surface area contributed by atoms with Gasteiger partial charge in [0, 0.05) is 11.2 Å². The highest BCUT2D eigenvalue weighted by atomic mass is 35.5. The van der Waals surface area contributed by atoms with E-state index in [1.54, 1.807) is 6.92 Å². The van der Waals surface area contributed by atoms with E-state index in [1.807, 2.05) is 31.2 Å². The van der Waals surface area contributed by atoms with E-state index in [-0.39, 0.29) is 16.3 Å². The maximum absolute atomic E-state index is 12.8. The molecule has 34 heavy (non-hydrogen) atoms. The summed E-state index contributed by atoms with van der Waals surface area (Å²) in [6, 6.07) is 10.8. The molecular weight excluding hydrogens is 492 g/mol. The number of aromatic nitrogens is 1. The van der Waals surface area contributed by atoms with E-state index in [2.05, 4.69) is 20.8 Å². The topological polar surface area (TPSA) is 83.5 Å². The molecule has 1 heterocycles. The minimum absolute atomic E-state index is 0.0108. The average Bonchev–Trinajstić information content (AvgIpc) is 2.75. The number of nitrogens with one attached hydrogen (secondary N) is 2. The maximum atomic E-state index is 12.8. The van der Waals surface area contributed by atoms with Crippen LogP contribution in [0.5, 0.6) is 0 Å². The summed E-state index contributed by atoms with van der Waals surface area (Å²) < 4.78 is 38.5. The number of nitrogens with zero attached hydrogens (tertiary/aromatic N) is 2. The first kappa shape index (κ1) is 25.2. The zero-order valence-electron chi connectivity index (χ0n) is 17.8. The number of amides is 2. The van der Waals surface area contributed by atoms with Gasteiger partial charge in [0.25, 0.3) is 11.8 Å². The van der Waals surface area contributed by atoms with Crippen LogP contribution in [-0.4, -0.2) is 23.0 Å². The summed E-state index contributed by atoms with van der Waals surface area (Å²) in [6.45, 7) is 3.48. The number of aryl methyl sites for hydroxylation is 2. The summed E-state index contributed by atoms with van der Waals surface area (Å²) in [5.74, 6) is -1.57. The number of rotatable bonds is 5. The van der Waals surface area contributed by atoms with Gasteiger partial charge in [0.15, 0.2) is 0 Å². The molecule has 0 unspecified atom stereocenters. The lowest BCUT2D eigenvalue weighted by atomic mass is 10.1. The van der Waals surface area contributed by atoms with Gasteiger partial charge in [-0.1, -0.05) is 47.5 Å². The molecule has 3 rings (SSSR count). The first-order valence-corrected chi connectivity index (χ1v) is 10.5. The number of hydrazone groups is 1. The third-order valence-corrected chi connectivity index (χ3v) is 5.23. The van der Waals surface area contributed by atoms with Gasteiger partial charge < -0.3 is 5.32 Å². The fourth-order valence-corrected chi connectivity index (χ4v) is 3.50. The Balaban J connectivity index is 1.86. The number of hydrogen-bond acceptors (Lipinski definition) is 4. The molecule has 0 spiro atoms. The molecule has 2 amide bonds. The molecule has 176 valence electrons. The van der Waals surface area contributed by atoms with E-state index in [4.69, 9.17) is 23.2 Å². The summed E-state index contributed by atoms with van der Waals surface area (Å²) in [6.07, 6.45) is -2.69. The number of anilines is 1. The van der Waals surface area contributed by atoms with Crippen LogP contribution in [0.1, 0.15) is 43.1 Å². The van der Waals surface area contributed by atoms with Gasteiger partial charge in [-0.3, -0.25) is 9.59 Å². The van der Waals surface area contributed by atoms with Crippen LogP contribution in [0.3, 0.4) is 0 Å². The van der Waals surface area contributed by atoms with Gasteiger partial charge in [0.2, 0.25) is 0 Å². The second kappa shape index (κ2) is 10.2. The van der Waals surface area contributed by atoms with Crippen molar-refractivity contribution in [2.24, 2.45) is 5.10 Å². The van der Waals surface area contributed by atoms with Crippen molar-refractivity contribution in [2.45, 2.75) is 20.0 Å². The first-order valence-electron chi connectivity index (χ1n) is 9.70. The molecule has 11 heteroatoms. The van der Waals surface area contributed by atoms with Gasteiger partial charge in [0.1, 0.15) is 5.69 Å². The Kier molecular flexibility index (Phi) is 7.58. The SMILES string of the molecule is Cc1ccccc1C=NNC(=O)c1cc(Cl)cc(C)c1NC(=O)c1ncc(C(F)(F)F)cc1Cl. The van der Waals surface area contributed by atoms with Gasteiger partial charge in [-0.25, -0.2) is 10.4 Å². The van der Waals surface area contributed by atoms with E-state index < -0.39 is 34.3 Å². The van der Waals surface area contributed by atoms with Crippen molar-refractivity contribution in [3.8, 4) is 0 Å². The first-order chi connectivity index (χ1) is 16.0. The maximum Gasteiger partial charge on any atom is 0.417 e. The number of carbonyl (C=O) groups is 2. The molecule has 6 nitrogen and oxygen atoms in total. The van der Waals surface area contributed by atoms with Gasteiger partial charge in [-0.2, -0.15) is 18.3 Å². The quantitative estimate of drug-likeness (QED) is 0.325. The third-order valence-electron chi connectivity index (χ3n) is 4.73. The largest absolute Gasteiger partial charge is 0.417 e. The Hall–Kier alpha value is -3.43. The van der Waals surface area contributed by atoms with Crippen LogP contribution in [0.2, 0.25) is 10.0 Å². The van der Waals surface area contributed by atoms with E-state index in [1.165, 1.54) is 18.3 Å². The lowest BCUT2D eigenvalue weighted by Crippen LogP contribution is -2.23. The average molecular weight is 509 g/mol. The summed E-state index contributed by atoms with van der Waals surface area (Å²) in [7, 11) is 0. The molecule has 2 aromatic carbocycles. The van der Waals surface area contributed by atoms with Crippen molar-refractivity contribution in [1.82, 2.24) is 10.4 Å². The second-order valence-electron chi connectivity index (χ2n) is 7.21. The van der Waals surface area contributed by atoms with Crippen molar-refractivity contribution in [1.29, 1.82) is 0 Å². The van der Waals surface area contributed by atoms with Crippen molar-refractivity contribution in [3.63, 3.8) is 0 Å². The van der Waals surface area contributed by atoms with Crippen molar-refractivity contribution >= 4 is 46.9 Å². The fraction of sp³-hybridized carbons (Fsp3) is 0.130. The van der Waals surface area contributed by atoms with E-state index in [9.17, 15) is 22.8 Å². The Bertz CT molecular complexity index is 1290. The van der Waals surface area contributed by atoms with Crippen molar-refractivity contribution in [3.05, 3.63) is 92.2 Å². The van der Waals surface area contributed by atoms with Crippen LogP contribution in [0.15, 0.2) is 53.8 Å². The molecule has 0 aliphatic heterocycles. The summed E-state index contributed by atoms with van der Waals surface area (Å²) in [5, 5.41) is 6.16. The van der Waals surface area contributed by atoms with Crippen molar-refractivity contribution < 1.29 is 22.8 Å². The van der Waals surface area contributed by atoms with Gasteiger partial charge in [-0.15, -0.1) is 0 Å².